The smallest absolute Gasteiger partial charge is 0.0733 e. The molecule has 1 nitrogen and oxygen atoms in total. The maximum Gasteiger partial charge on any atom is 0.0733 e. The van der Waals surface area contributed by atoms with Crippen molar-refractivity contribution in [3.8, 4) is 0 Å². The summed E-state index contributed by atoms with van der Waals surface area (Å²) in [6, 6.07) is 6.29. The third kappa shape index (κ3) is 1.21. The van der Waals surface area contributed by atoms with Crippen molar-refractivity contribution in [2.24, 2.45) is 0 Å². The van der Waals surface area contributed by atoms with Gasteiger partial charge in [0.1, 0.15) is 0 Å². The van der Waals surface area contributed by atoms with Crippen LogP contribution in [0.25, 0.3) is 10.9 Å². The van der Waals surface area contributed by atoms with E-state index >= 15 is 0 Å². The number of pyridine rings is 1. The molecule has 0 unspecified atom stereocenters. The Bertz CT molecular complexity index is 458. The predicted octanol–water partition coefficient (Wildman–Crippen LogP) is 3.16. The SMILES string of the molecule is Cc1cc2cccnc2c(C)c1C. The van der Waals surface area contributed by atoms with Crippen LogP contribution in [0.2, 0.25) is 0 Å². The number of hydrogen-bond acceptors (Lipinski definition) is 1. The van der Waals surface area contributed by atoms with E-state index in [0.717, 1.165) is 5.52 Å². The summed E-state index contributed by atoms with van der Waals surface area (Å²) in [6.45, 7) is 6.44. The average molecular weight is 171 g/mol. The molecule has 0 spiro atoms. The van der Waals surface area contributed by atoms with Crippen molar-refractivity contribution in [3.05, 3.63) is 41.1 Å². The zero-order valence-electron chi connectivity index (χ0n) is 8.26. The molecule has 1 aromatic heterocycles. The van der Waals surface area contributed by atoms with Gasteiger partial charge < -0.3 is 0 Å². The molecule has 0 amide bonds. The molecular formula is C12H13N. The molecule has 2 rings (SSSR count). The van der Waals surface area contributed by atoms with Gasteiger partial charge in [0, 0.05) is 11.6 Å². The van der Waals surface area contributed by atoms with Gasteiger partial charge in [0.15, 0.2) is 0 Å². The Morgan fingerprint density at radius 2 is 1.85 bits per heavy atom. The highest BCUT2D eigenvalue weighted by atomic mass is 14.6. The van der Waals surface area contributed by atoms with Crippen LogP contribution in [-0.2, 0) is 0 Å². The lowest BCUT2D eigenvalue weighted by molar-refractivity contribution is 1.26. The summed E-state index contributed by atoms with van der Waals surface area (Å²) in [7, 11) is 0. The Morgan fingerprint density at radius 1 is 1.08 bits per heavy atom. The number of rotatable bonds is 0. The van der Waals surface area contributed by atoms with Crippen molar-refractivity contribution >= 4 is 10.9 Å². The van der Waals surface area contributed by atoms with Gasteiger partial charge in [0.25, 0.3) is 0 Å². The Morgan fingerprint density at radius 3 is 2.62 bits per heavy atom. The fourth-order valence-corrected chi connectivity index (χ4v) is 1.66. The molecule has 0 radical (unpaired) electrons. The normalized spacial score (nSPS) is 10.7. The first kappa shape index (κ1) is 8.24. The first-order valence-electron chi connectivity index (χ1n) is 4.51. The second kappa shape index (κ2) is 2.84. The van der Waals surface area contributed by atoms with Crippen LogP contribution in [0.1, 0.15) is 16.7 Å². The van der Waals surface area contributed by atoms with Crippen LogP contribution in [0.5, 0.6) is 0 Å². The molecule has 0 aliphatic rings. The van der Waals surface area contributed by atoms with Crippen molar-refractivity contribution in [1.82, 2.24) is 4.98 Å². The highest BCUT2D eigenvalue weighted by Crippen LogP contribution is 2.22. The minimum Gasteiger partial charge on any atom is -0.256 e. The van der Waals surface area contributed by atoms with Crippen molar-refractivity contribution in [3.63, 3.8) is 0 Å². The Hall–Kier alpha value is -1.37. The second-order valence-corrected chi connectivity index (χ2v) is 3.52. The summed E-state index contributed by atoms with van der Waals surface area (Å²) >= 11 is 0. The zero-order valence-corrected chi connectivity index (χ0v) is 8.26. The highest BCUT2D eigenvalue weighted by Gasteiger charge is 2.03. The molecule has 0 atom stereocenters. The van der Waals surface area contributed by atoms with Crippen molar-refractivity contribution in [2.75, 3.05) is 0 Å². The van der Waals surface area contributed by atoms with E-state index < -0.39 is 0 Å². The third-order valence-corrected chi connectivity index (χ3v) is 2.72. The lowest BCUT2D eigenvalue weighted by atomic mass is 10.0. The van der Waals surface area contributed by atoms with Crippen molar-refractivity contribution in [1.29, 1.82) is 0 Å². The maximum atomic E-state index is 4.38. The van der Waals surface area contributed by atoms with Crippen LogP contribution in [0.15, 0.2) is 24.4 Å². The van der Waals surface area contributed by atoms with E-state index in [9.17, 15) is 0 Å². The summed E-state index contributed by atoms with van der Waals surface area (Å²) in [4.78, 5) is 4.38. The van der Waals surface area contributed by atoms with Crippen LogP contribution in [0, 0.1) is 20.8 Å². The van der Waals surface area contributed by atoms with Gasteiger partial charge in [-0.1, -0.05) is 6.07 Å². The van der Waals surface area contributed by atoms with Crippen LogP contribution in [-0.4, -0.2) is 4.98 Å². The number of hydrogen-bond donors (Lipinski definition) is 0. The molecule has 2 aromatic rings. The summed E-state index contributed by atoms with van der Waals surface area (Å²) < 4.78 is 0. The largest absolute Gasteiger partial charge is 0.256 e. The average Bonchev–Trinajstić information content (AvgIpc) is 2.15. The molecule has 0 saturated carbocycles. The minimum absolute atomic E-state index is 1.13. The lowest BCUT2D eigenvalue weighted by Gasteiger charge is -2.07. The monoisotopic (exact) mass is 171 g/mol. The van der Waals surface area contributed by atoms with Gasteiger partial charge in [0.05, 0.1) is 5.52 Å². The number of fused-ring (bicyclic) bond motifs is 1. The maximum absolute atomic E-state index is 4.38. The van der Waals surface area contributed by atoms with Gasteiger partial charge >= 0.3 is 0 Å². The Kier molecular flexibility index (Phi) is 1.80. The summed E-state index contributed by atoms with van der Waals surface area (Å²) in [5, 5.41) is 1.24. The molecule has 0 aliphatic heterocycles. The number of nitrogens with zero attached hydrogens (tertiary/aromatic N) is 1. The van der Waals surface area contributed by atoms with E-state index in [1.54, 1.807) is 0 Å². The number of aryl methyl sites for hydroxylation is 2. The van der Waals surface area contributed by atoms with E-state index in [-0.39, 0.29) is 0 Å². The van der Waals surface area contributed by atoms with E-state index in [2.05, 4.69) is 37.9 Å². The van der Waals surface area contributed by atoms with E-state index in [4.69, 9.17) is 0 Å². The van der Waals surface area contributed by atoms with E-state index in [0.29, 0.717) is 0 Å². The van der Waals surface area contributed by atoms with Gasteiger partial charge in [-0.2, -0.15) is 0 Å². The molecule has 0 N–H and O–H groups in total. The van der Waals surface area contributed by atoms with Crippen LogP contribution in [0.3, 0.4) is 0 Å². The van der Waals surface area contributed by atoms with Crippen LogP contribution >= 0.6 is 0 Å². The van der Waals surface area contributed by atoms with Crippen molar-refractivity contribution < 1.29 is 0 Å². The quantitative estimate of drug-likeness (QED) is 0.593. The lowest BCUT2D eigenvalue weighted by Crippen LogP contribution is -1.90. The molecule has 13 heavy (non-hydrogen) atoms. The topological polar surface area (TPSA) is 12.9 Å². The van der Waals surface area contributed by atoms with Gasteiger partial charge in [-0.15, -0.1) is 0 Å². The standard InChI is InChI=1S/C12H13N/c1-8-7-11-5-4-6-13-12(11)10(3)9(8)2/h4-7H,1-3H3. The predicted molar refractivity (Wildman–Crippen MR) is 56.0 cm³/mol. The van der Waals surface area contributed by atoms with E-state index in [1.165, 1.54) is 22.1 Å². The summed E-state index contributed by atoms with van der Waals surface area (Å²) in [5.41, 5.74) is 5.13. The Labute approximate surface area is 78.4 Å². The molecule has 1 heterocycles. The first-order valence-corrected chi connectivity index (χ1v) is 4.51. The van der Waals surface area contributed by atoms with E-state index in [1.807, 2.05) is 12.3 Å². The van der Waals surface area contributed by atoms with Gasteiger partial charge in [-0.05, 0) is 49.6 Å². The molecule has 0 aliphatic carbocycles. The van der Waals surface area contributed by atoms with Crippen LogP contribution < -0.4 is 0 Å². The molecule has 0 fully saturated rings. The second-order valence-electron chi connectivity index (χ2n) is 3.52. The zero-order chi connectivity index (χ0) is 9.42. The summed E-state index contributed by atoms with van der Waals surface area (Å²) in [5.74, 6) is 0. The number of aromatic nitrogens is 1. The highest BCUT2D eigenvalue weighted by molar-refractivity contribution is 5.83. The fraction of sp³-hybridized carbons (Fsp3) is 0.250. The van der Waals surface area contributed by atoms with Gasteiger partial charge in [-0.3, -0.25) is 4.98 Å². The molecule has 66 valence electrons. The molecule has 1 aromatic carbocycles. The fourth-order valence-electron chi connectivity index (χ4n) is 1.66. The van der Waals surface area contributed by atoms with Gasteiger partial charge in [0.2, 0.25) is 0 Å². The summed E-state index contributed by atoms with van der Waals surface area (Å²) in [6.07, 6.45) is 1.85. The minimum atomic E-state index is 1.13. The molecular weight excluding hydrogens is 158 g/mol. The Balaban J connectivity index is 2.94. The van der Waals surface area contributed by atoms with Crippen molar-refractivity contribution in [2.45, 2.75) is 20.8 Å². The van der Waals surface area contributed by atoms with Gasteiger partial charge in [-0.25, -0.2) is 0 Å². The molecule has 0 saturated heterocycles. The first-order chi connectivity index (χ1) is 6.20. The third-order valence-electron chi connectivity index (χ3n) is 2.72. The number of benzene rings is 1. The molecule has 1 heteroatoms. The molecule has 0 bridgehead atoms. The van der Waals surface area contributed by atoms with Crippen LogP contribution in [0.4, 0.5) is 0 Å².